The number of ether oxygens (including phenoxy) is 1. The normalized spacial score (nSPS) is 28.9. The molecule has 0 aromatic carbocycles. The molecule has 4 nitrogen and oxygen atoms in total. The highest BCUT2D eigenvalue weighted by atomic mass is 16.5. The van der Waals surface area contributed by atoms with Crippen molar-refractivity contribution in [2.75, 3.05) is 26.3 Å². The molecule has 4 heteroatoms. The smallest absolute Gasteiger partial charge is 0.223 e. The first-order valence-electron chi connectivity index (χ1n) is 8.27. The fraction of sp³-hybridized carbons (Fsp3) is 0.938. The lowest BCUT2D eigenvalue weighted by Gasteiger charge is -2.43. The van der Waals surface area contributed by atoms with Crippen molar-refractivity contribution in [3.63, 3.8) is 0 Å². The lowest BCUT2D eigenvalue weighted by molar-refractivity contribution is -0.128. The predicted molar refractivity (Wildman–Crippen MR) is 78.4 cm³/mol. The molecule has 3 aliphatic rings. The van der Waals surface area contributed by atoms with Gasteiger partial charge in [0.25, 0.3) is 0 Å². The van der Waals surface area contributed by atoms with Gasteiger partial charge in [-0.25, -0.2) is 0 Å². The van der Waals surface area contributed by atoms with Crippen LogP contribution in [0.4, 0.5) is 0 Å². The Balaban J connectivity index is 1.44. The third-order valence-electron chi connectivity index (χ3n) is 5.88. The average molecular weight is 280 g/mol. The van der Waals surface area contributed by atoms with Crippen LogP contribution in [0.25, 0.3) is 0 Å². The molecule has 2 aliphatic heterocycles. The van der Waals surface area contributed by atoms with Crippen LogP contribution in [0, 0.1) is 17.3 Å². The average Bonchev–Trinajstić information content (AvgIpc) is 2.41. The molecule has 1 amide bonds. The van der Waals surface area contributed by atoms with Gasteiger partial charge in [-0.2, -0.15) is 0 Å². The number of hydrogen-bond donors (Lipinski definition) is 2. The van der Waals surface area contributed by atoms with Crippen LogP contribution in [0.1, 0.15) is 45.4 Å². The zero-order valence-electron chi connectivity index (χ0n) is 12.6. The van der Waals surface area contributed by atoms with Gasteiger partial charge in [0.15, 0.2) is 0 Å². The summed E-state index contributed by atoms with van der Waals surface area (Å²) in [6.07, 6.45) is 7.28. The van der Waals surface area contributed by atoms with E-state index >= 15 is 0 Å². The van der Waals surface area contributed by atoms with Crippen molar-refractivity contribution >= 4 is 5.91 Å². The summed E-state index contributed by atoms with van der Waals surface area (Å²) < 4.78 is 5.49. The molecule has 1 aliphatic carbocycles. The molecule has 0 radical (unpaired) electrons. The quantitative estimate of drug-likeness (QED) is 0.827. The van der Waals surface area contributed by atoms with Crippen molar-refractivity contribution in [2.24, 2.45) is 17.3 Å². The number of nitrogens with one attached hydrogen (secondary N) is 2. The van der Waals surface area contributed by atoms with Crippen molar-refractivity contribution in [3.8, 4) is 0 Å². The molecule has 2 saturated heterocycles. The van der Waals surface area contributed by atoms with Gasteiger partial charge < -0.3 is 15.4 Å². The molecule has 2 heterocycles. The van der Waals surface area contributed by atoms with Crippen LogP contribution in [-0.4, -0.2) is 38.3 Å². The Kier molecular flexibility index (Phi) is 4.32. The van der Waals surface area contributed by atoms with Crippen LogP contribution in [0.15, 0.2) is 0 Å². The van der Waals surface area contributed by atoms with E-state index in [0.717, 1.165) is 39.1 Å². The van der Waals surface area contributed by atoms with Gasteiger partial charge in [0.2, 0.25) is 5.91 Å². The second-order valence-electron chi connectivity index (χ2n) is 7.10. The summed E-state index contributed by atoms with van der Waals surface area (Å²) in [5.41, 5.74) is 0.531. The Morgan fingerprint density at radius 1 is 1.20 bits per heavy atom. The second kappa shape index (κ2) is 6.02. The molecule has 3 rings (SSSR count). The van der Waals surface area contributed by atoms with Crippen LogP contribution in [-0.2, 0) is 9.53 Å². The summed E-state index contributed by atoms with van der Waals surface area (Å²) in [6.45, 7) is 5.94. The Morgan fingerprint density at radius 2 is 1.85 bits per heavy atom. The van der Waals surface area contributed by atoms with E-state index in [1.54, 1.807) is 0 Å². The van der Waals surface area contributed by atoms with E-state index in [1.807, 2.05) is 0 Å². The van der Waals surface area contributed by atoms with E-state index in [2.05, 4.69) is 17.6 Å². The van der Waals surface area contributed by atoms with Crippen molar-refractivity contribution in [3.05, 3.63) is 0 Å². The standard InChI is InChI=1S/C16H28N2O2/c1-12(13-10-17-11-13)15(19)18-14-2-4-16(5-3-14)6-8-20-9-7-16/h12-14,17H,2-11H2,1H3,(H,18,19). The Labute approximate surface area is 122 Å². The first kappa shape index (κ1) is 14.3. The summed E-state index contributed by atoms with van der Waals surface area (Å²) in [7, 11) is 0. The van der Waals surface area contributed by atoms with Crippen LogP contribution in [0.2, 0.25) is 0 Å². The molecule has 1 saturated carbocycles. The molecular weight excluding hydrogens is 252 g/mol. The van der Waals surface area contributed by atoms with E-state index in [-0.39, 0.29) is 11.8 Å². The van der Waals surface area contributed by atoms with Gasteiger partial charge >= 0.3 is 0 Å². The third-order valence-corrected chi connectivity index (χ3v) is 5.88. The maximum atomic E-state index is 12.3. The second-order valence-corrected chi connectivity index (χ2v) is 7.10. The summed E-state index contributed by atoms with van der Waals surface area (Å²) in [6, 6.07) is 0.409. The third kappa shape index (κ3) is 3.01. The van der Waals surface area contributed by atoms with E-state index in [9.17, 15) is 4.79 Å². The van der Waals surface area contributed by atoms with Gasteiger partial charge in [-0.05, 0) is 62.9 Å². The molecule has 0 aromatic rings. The fourth-order valence-corrected chi connectivity index (χ4v) is 3.89. The van der Waals surface area contributed by atoms with Crippen LogP contribution in [0.3, 0.4) is 0 Å². The maximum absolute atomic E-state index is 12.3. The fourth-order valence-electron chi connectivity index (χ4n) is 3.89. The molecule has 1 spiro atoms. The maximum Gasteiger partial charge on any atom is 0.223 e. The minimum atomic E-state index is 0.162. The molecule has 2 N–H and O–H groups in total. The molecular formula is C16H28N2O2. The van der Waals surface area contributed by atoms with Crippen molar-refractivity contribution < 1.29 is 9.53 Å². The van der Waals surface area contributed by atoms with E-state index < -0.39 is 0 Å². The molecule has 0 aromatic heterocycles. The van der Waals surface area contributed by atoms with Crippen LogP contribution >= 0.6 is 0 Å². The summed E-state index contributed by atoms with van der Waals surface area (Å²) in [5, 5.41) is 6.54. The zero-order valence-corrected chi connectivity index (χ0v) is 12.6. The Hall–Kier alpha value is -0.610. The number of carbonyl (C=O) groups is 1. The highest BCUT2D eigenvalue weighted by Gasteiger charge is 2.37. The summed E-state index contributed by atoms with van der Waals surface area (Å²) in [5.74, 6) is 0.972. The zero-order chi connectivity index (χ0) is 14.0. The minimum absolute atomic E-state index is 0.162. The van der Waals surface area contributed by atoms with Gasteiger partial charge in [0.1, 0.15) is 0 Å². The van der Waals surface area contributed by atoms with Gasteiger partial charge in [0.05, 0.1) is 0 Å². The van der Waals surface area contributed by atoms with E-state index in [0.29, 0.717) is 17.4 Å². The van der Waals surface area contributed by atoms with Crippen molar-refractivity contribution in [1.82, 2.24) is 10.6 Å². The van der Waals surface area contributed by atoms with E-state index in [1.165, 1.54) is 25.7 Å². The highest BCUT2D eigenvalue weighted by Crippen LogP contribution is 2.44. The van der Waals surface area contributed by atoms with Gasteiger partial charge in [-0.1, -0.05) is 6.92 Å². The van der Waals surface area contributed by atoms with Crippen LogP contribution < -0.4 is 10.6 Å². The highest BCUT2D eigenvalue weighted by molar-refractivity contribution is 5.79. The van der Waals surface area contributed by atoms with Crippen molar-refractivity contribution in [1.29, 1.82) is 0 Å². The summed E-state index contributed by atoms with van der Waals surface area (Å²) >= 11 is 0. The van der Waals surface area contributed by atoms with Gasteiger partial charge in [0, 0.05) is 25.2 Å². The van der Waals surface area contributed by atoms with Gasteiger partial charge in [-0.3, -0.25) is 4.79 Å². The number of hydrogen-bond acceptors (Lipinski definition) is 3. The number of carbonyl (C=O) groups excluding carboxylic acids is 1. The SMILES string of the molecule is CC(C(=O)NC1CCC2(CCOCC2)CC1)C1CNC1. The first-order chi connectivity index (χ1) is 9.69. The van der Waals surface area contributed by atoms with Crippen LogP contribution in [0.5, 0.6) is 0 Å². The largest absolute Gasteiger partial charge is 0.381 e. The topological polar surface area (TPSA) is 50.4 Å². The number of amides is 1. The molecule has 0 bridgehead atoms. The first-order valence-corrected chi connectivity index (χ1v) is 8.27. The lowest BCUT2D eigenvalue weighted by Crippen LogP contribution is -2.51. The van der Waals surface area contributed by atoms with Gasteiger partial charge in [-0.15, -0.1) is 0 Å². The lowest BCUT2D eigenvalue weighted by atomic mass is 9.68. The molecule has 114 valence electrons. The van der Waals surface area contributed by atoms with E-state index in [4.69, 9.17) is 4.74 Å². The minimum Gasteiger partial charge on any atom is -0.381 e. The monoisotopic (exact) mass is 280 g/mol. The Morgan fingerprint density at radius 3 is 2.40 bits per heavy atom. The summed E-state index contributed by atoms with van der Waals surface area (Å²) in [4.78, 5) is 12.3. The molecule has 1 atom stereocenters. The molecule has 20 heavy (non-hydrogen) atoms. The molecule has 1 unspecified atom stereocenters. The Bertz CT molecular complexity index is 338. The molecule has 3 fully saturated rings. The number of rotatable bonds is 3. The predicted octanol–water partition coefficient (Wildman–Crippen LogP) is 1.70. The van der Waals surface area contributed by atoms with Crippen molar-refractivity contribution in [2.45, 2.75) is 51.5 Å².